The van der Waals surface area contributed by atoms with Crippen molar-refractivity contribution in [3.63, 3.8) is 0 Å². The molecule has 0 aliphatic carbocycles. The van der Waals surface area contributed by atoms with E-state index < -0.39 is 0 Å². The second-order valence-corrected chi connectivity index (χ2v) is 6.60. The van der Waals surface area contributed by atoms with Gasteiger partial charge in [0.05, 0.1) is 12.3 Å². The molecule has 0 amide bonds. The van der Waals surface area contributed by atoms with Crippen LogP contribution in [0.1, 0.15) is 30.3 Å². The molecular weight excluding hydrogens is 336 g/mol. The van der Waals surface area contributed by atoms with E-state index in [0.717, 1.165) is 37.4 Å². The number of rotatable bonds is 5. The highest BCUT2D eigenvalue weighted by atomic mass is 16.5. The molecule has 4 heterocycles. The molecule has 1 aliphatic heterocycles. The van der Waals surface area contributed by atoms with Crippen LogP contribution in [0, 0.1) is 0 Å². The van der Waals surface area contributed by atoms with Crippen LogP contribution in [0.25, 0.3) is 5.78 Å². The van der Waals surface area contributed by atoms with E-state index in [4.69, 9.17) is 9.26 Å². The normalized spacial score (nSPS) is 15.7. The van der Waals surface area contributed by atoms with Gasteiger partial charge in [-0.1, -0.05) is 0 Å². The number of anilines is 2. The van der Waals surface area contributed by atoms with Gasteiger partial charge in [-0.25, -0.2) is 4.98 Å². The van der Waals surface area contributed by atoms with Crippen molar-refractivity contribution in [2.24, 2.45) is 0 Å². The number of ether oxygens (including phenoxy) is 1. The highest BCUT2D eigenvalue weighted by Gasteiger charge is 2.27. The van der Waals surface area contributed by atoms with E-state index in [1.54, 1.807) is 11.6 Å². The number of hydrogen-bond donors (Lipinski definition) is 0. The second-order valence-electron chi connectivity index (χ2n) is 6.60. The van der Waals surface area contributed by atoms with E-state index in [9.17, 15) is 0 Å². The van der Waals surface area contributed by atoms with Crippen LogP contribution in [-0.2, 0) is 11.3 Å². The molecule has 1 fully saturated rings. The molecule has 0 atom stereocenters. The second kappa shape index (κ2) is 6.87. The molecule has 26 heavy (non-hydrogen) atoms. The zero-order valence-electron chi connectivity index (χ0n) is 15.2. The molecule has 0 radical (unpaired) electrons. The van der Waals surface area contributed by atoms with Crippen molar-refractivity contribution in [3.8, 4) is 0 Å². The maximum atomic E-state index is 5.44. The Balaban J connectivity index is 1.52. The van der Waals surface area contributed by atoms with Crippen LogP contribution in [0.3, 0.4) is 0 Å². The lowest BCUT2D eigenvalue weighted by atomic mass is 9.97. The monoisotopic (exact) mass is 358 g/mol. The Morgan fingerprint density at radius 3 is 2.77 bits per heavy atom. The van der Waals surface area contributed by atoms with Gasteiger partial charge in [-0.05, 0) is 18.0 Å². The SMILES string of the molecule is COCc1cc(N2CCC(c3nc(N(C)C)no3)CC2)n2ncnc2n1. The first-order valence-electron chi connectivity index (χ1n) is 8.60. The number of nitrogens with zero attached hydrogens (tertiary/aromatic N) is 8. The largest absolute Gasteiger partial charge is 0.378 e. The highest BCUT2D eigenvalue weighted by molar-refractivity contribution is 5.47. The fourth-order valence-electron chi connectivity index (χ4n) is 3.22. The van der Waals surface area contributed by atoms with Crippen molar-refractivity contribution in [3.05, 3.63) is 24.0 Å². The zero-order chi connectivity index (χ0) is 18.1. The van der Waals surface area contributed by atoms with Gasteiger partial charge in [0.2, 0.25) is 5.89 Å². The van der Waals surface area contributed by atoms with Gasteiger partial charge < -0.3 is 19.1 Å². The number of hydrogen-bond acceptors (Lipinski definition) is 9. The molecule has 3 aromatic heterocycles. The van der Waals surface area contributed by atoms with E-state index in [1.165, 1.54) is 6.33 Å². The Bertz CT molecular complexity index is 881. The maximum absolute atomic E-state index is 5.44. The van der Waals surface area contributed by atoms with Crippen LogP contribution >= 0.6 is 0 Å². The number of methoxy groups -OCH3 is 1. The smallest absolute Gasteiger partial charge is 0.265 e. The first-order valence-corrected chi connectivity index (χ1v) is 8.60. The topological polar surface area (TPSA) is 97.7 Å². The van der Waals surface area contributed by atoms with Crippen LogP contribution in [-0.4, -0.2) is 64.0 Å². The number of piperidine rings is 1. The molecule has 0 bridgehead atoms. The Kier molecular flexibility index (Phi) is 4.41. The standard InChI is InChI=1S/C16H22N8O2/c1-22(2)16-20-14(26-21-16)11-4-6-23(7-5-11)13-8-12(9-25-3)19-15-17-10-18-24(13)15/h8,10-11H,4-7,9H2,1-3H3. The molecule has 10 nitrogen and oxygen atoms in total. The molecule has 0 unspecified atom stereocenters. The average Bonchev–Trinajstić information content (AvgIpc) is 3.31. The van der Waals surface area contributed by atoms with Crippen LogP contribution in [0.15, 0.2) is 16.9 Å². The van der Waals surface area contributed by atoms with E-state index in [-0.39, 0.29) is 5.92 Å². The van der Waals surface area contributed by atoms with Crippen molar-refractivity contribution < 1.29 is 9.26 Å². The summed E-state index contributed by atoms with van der Waals surface area (Å²) in [5.74, 6) is 3.18. The van der Waals surface area contributed by atoms with Crippen molar-refractivity contribution >= 4 is 17.5 Å². The molecule has 0 spiro atoms. The van der Waals surface area contributed by atoms with Gasteiger partial charge in [-0.2, -0.15) is 19.6 Å². The minimum Gasteiger partial charge on any atom is -0.378 e. The van der Waals surface area contributed by atoms with E-state index >= 15 is 0 Å². The Labute approximate surface area is 150 Å². The molecule has 138 valence electrons. The minimum atomic E-state index is 0.277. The molecule has 4 rings (SSSR count). The summed E-state index contributed by atoms with van der Waals surface area (Å²) in [6.45, 7) is 2.19. The van der Waals surface area contributed by atoms with Gasteiger partial charge in [0.1, 0.15) is 12.1 Å². The van der Waals surface area contributed by atoms with E-state index in [1.807, 2.05) is 25.1 Å². The summed E-state index contributed by atoms with van der Waals surface area (Å²) in [6, 6.07) is 2.02. The van der Waals surface area contributed by atoms with Crippen LogP contribution in [0.4, 0.5) is 11.8 Å². The highest BCUT2D eigenvalue weighted by Crippen LogP contribution is 2.30. The van der Waals surface area contributed by atoms with E-state index in [2.05, 4.69) is 30.1 Å². The molecule has 0 N–H and O–H groups in total. The molecule has 10 heteroatoms. The lowest BCUT2D eigenvalue weighted by molar-refractivity contribution is 0.181. The van der Waals surface area contributed by atoms with Crippen molar-refractivity contribution in [1.29, 1.82) is 0 Å². The van der Waals surface area contributed by atoms with Gasteiger partial charge in [0.15, 0.2) is 0 Å². The fraction of sp³-hybridized carbons (Fsp3) is 0.562. The summed E-state index contributed by atoms with van der Waals surface area (Å²) in [5.41, 5.74) is 0.845. The number of aromatic nitrogens is 6. The Hall–Kier alpha value is -2.75. The summed E-state index contributed by atoms with van der Waals surface area (Å²) in [6.07, 6.45) is 3.40. The van der Waals surface area contributed by atoms with Gasteiger partial charge >= 0.3 is 0 Å². The molecule has 0 aromatic carbocycles. The third kappa shape index (κ3) is 3.07. The Morgan fingerprint density at radius 1 is 1.27 bits per heavy atom. The van der Waals surface area contributed by atoms with Gasteiger partial charge in [0.25, 0.3) is 11.7 Å². The van der Waals surface area contributed by atoms with Crippen molar-refractivity contribution in [1.82, 2.24) is 29.7 Å². The molecule has 0 saturated carbocycles. The van der Waals surface area contributed by atoms with E-state index in [0.29, 0.717) is 24.2 Å². The first kappa shape index (κ1) is 16.7. The molecule has 3 aromatic rings. The van der Waals surface area contributed by atoms with Gasteiger partial charge in [0, 0.05) is 46.3 Å². The summed E-state index contributed by atoms with van der Waals surface area (Å²) in [7, 11) is 5.47. The van der Waals surface area contributed by atoms with Crippen LogP contribution in [0.5, 0.6) is 0 Å². The fourth-order valence-corrected chi connectivity index (χ4v) is 3.22. The number of fused-ring (bicyclic) bond motifs is 1. The van der Waals surface area contributed by atoms with Crippen LogP contribution in [0.2, 0.25) is 0 Å². The predicted octanol–water partition coefficient (Wildman–Crippen LogP) is 1.10. The lowest BCUT2D eigenvalue weighted by Crippen LogP contribution is -2.34. The lowest BCUT2D eigenvalue weighted by Gasteiger charge is -2.32. The predicted molar refractivity (Wildman–Crippen MR) is 94.3 cm³/mol. The third-order valence-electron chi connectivity index (χ3n) is 4.58. The Morgan fingerprint density at radius 2 is 2.08 bits per heavy atom. The summed E-state index contributed by atoms with van der Waals surface area (Å²) >= 11 is 0. The van der Waals surface area contributed by atoms with Gasteiger partial charge in [-0.3, -0.25) is 0 Å². The summed E-state index contributed by atoms with van der Waals surface area (Å²) in [5, 5.41) is 8.33. The zero-order valence-corrected chi connectivity index (χ0v) is 15.2. The summed E-state index contributed by atoms with van der Waals surface area (Å²) in [4.78, 5) is 17.3. The third-order valence-corrected chi connectivity index (χ3v) is 4.58. The van der Waals surface area contributed by atoms with Crippen LogP contribution < -0.4 is 9.80 Å². The molecule has 1 aliphatic rings. The van der Waals surface area contributed by atoms with Crippen molar-refractivity contribution in [2.75, 3.05) is 44.1 Å². The van der Waals surface area contributed by atoms with Crippen molar-refractivity contribution in [2.45, 2.75) is 25.4 Å². The minimum absolute atomic E-state index is 0.277. The summed E-state index contributed by atoms with van der Waals surface area (Å²) < 4.78 is 12.4. The van der Waals surface area contributed by atoms with Gasteiger partial charge in [-0.15, -0.1) is 0 Å². The first-order chi connectivity index (χ1) is 12.7. The molecule has 1 saturated heterocycles. The quantitative estimate of drug-likeness (QED) is 0.664. The maximum Gasteiger partial charge on any atom is 0.265 e. The average molecular weight is 358 g/mol. The molecular formula is C16H22N8O2.